The smallest absolute Gasteiger partial charge is 0.313 e. The van der Waals surface area contributed by atoms with Gasteiger partial charge in [-0.25, -0.2) is 4.39 Å². The molecule has 0 aliphatic rings. The van der Waals surface area contributed by atoms with Crippen LogP contribution >= 0.6 is 11.8 Å². The number of nitrogens with one attached hydrogen (secondary N) is 1. The van der Waals surface area contributed by atoms with Gasteiger partial charge in [-0.2, -0.15) is 13.2 Å². The maximum Gasteiger partial charge on any atom is 0.441 e. The summed E-state index contributed by atoms with van der Waals surface area (Å²) in [5.41, 5.74) is -3.61. The van der Waals surface area contributed by atoms with Crippen molar-refractivity contribution in [3.8, 4) is 0 Å². The molecule has 0 aromatic heterocycles. The van der Waals surface area contributed by atoms with Crippen LogP contribution in [0.4, 0.5) is 17.6 Å². The zero-order valence-corrected chi connectivity index (χ0v) is 10.7. The van der Waals surface area contributed by atoms with Crippen molar-refractivity contribution in [1.82, 2.24) is 5.32 Å². The fourth-order valence-electron chi connectivity index (χ4n) is 1.54. The molecular weight excluding hydrogens is 266 g/mol. The quantitative estimate of drug-likeness (QED) is 0.631. The first kappa shape index (κ1) is 15.3. The van der Waals surface area contributed by atoms with Gasteiger partial charge >= 0.3 is 5.51 Å². The Morgan fingerprint density at radius 3 is 2.56 bits per heavy atom. The number of thioether (sulfide) groups is 1. The van der Waals surface area contributed by atoms with Crippen LogP contribution in [0.25, 0.3) is 0 Å². The number of rotatable bonds is 6. The van der Waals surface area contributed by atoms with Gasteiger partial charge in [-0.1, -0.05) is 18.2 Å². The molecule has 0 bridgehead atoms. The lowest BCUT2D eigenvalue weighted by atomic mass is 10.1. The van der Waals surface area contributed by atoms with Gasteiger partial charge in [0, 0.05) is 18.3 Å². The van der Waals surface area contributed by atoms with Gasteiger partial charge in [0.25, 0.3) is 0 Å². The van der Waals surface area contributed by atoms with Crippen molar-refractivity contribution in [2.24, 2.45) is 0 Å². The van der Waals surface area contributed by atoms with E-state index in [-0.39, 0.29) is 35.9 Å². The summed E-state index contributed by atoms with van der Waals surface area (Å²) in [5, 5.41) is 2.94. The van der Waals surface area contributed by atoms with Gasteiger partial charge in [-0.3, -0.25) is 0 Å². The molecule has 0 radical (unpaired) electrons. The third-order valence-electron chi connectivity index (χ3n) is 2.34. The summed E-state index contributed by atoms with van der Waals surface area (Å²) in [5.74, 6) is -0.318. The van der Waals surface area contributed by atoms with E-state index in [9.17, 15) is 17.6 Å². The van der Waals surface area contributed by atoms with E-state index in [0.29, 0.717) is 12.0 Å². The van der Waals surface area contributed by atoms with E-state index >= 15 is 0 Å². The number of benzene rings is 1. The van der Waals surface area contributed by atoms with E-state index < -0.39 is 5.51 Å². The highest BCUT2D eigenvalue weighted by atomic mass is 32.2. The van der Waals surface area contributed by atoms with Crippen LogP contribution < -0.4 is 5.32 Å². The average molecular weight is 281 g/mol. The molecule has 102 valence electrons. The molecule has 1 rings (SSSR count). The summed E-state index contributed by atoms with van der Waals surface area (Å²) in [7, 11) is 0. The maximum absolute atomic E-state index is 13.3. The Bertz CT molecular complexity index is 367. The van der Waals surface area contributed by atoms with Crippen molar-refractivity contribution in [2.75, 3.05) is 12.3 Å². The van der Waals surface area contributed by atoms with Crippen molar-refractivity contribution in [2.45, 2.75) is 24.9 Å². The van der Waals surface area contributed by atoms with Crippen LogP contribution in [-0.4, -0.2) is 23.8 Å². The SMILES string of the molecule is CC(Cc1ccccc1F)NCCSC(F)(F)F. The zero-order chi connectivity index (χ0) is 13.6. The lowest BCUT2D eigenvalue weighted by Gasteiger charge is -2.14. The number of alkyl halides is 3. The first-order valence-electron chi connectivity index (χ1n) is 5.56. The number of hydrogen-bond donors (Lipinski definition) is 1. The predicted octanol–water partition coefficient (Wildman–Crippen LogP) is 3.60. The van der Waals surface area contributed by atoms with Crippen LogP contribution in [0.1, 0.15) is 12.5 Å². The molecule has 0 aliphatic heterocycles. The van der Waals surface area contributed by atoms with Crippen LogP contribution in [0.5, 0.6) is 0 Å². The van der Waals surface area contributed by atoms with Gasteiger partial charge in [0.2, 0.25) is 0 Å². The Hall–Kier alpha value is -0.750. The molecule has 0 heterocycles. The summed E-state index contributed by atoms with van der Waals surface area (Å²) in [6.07, 6.45) is 0.462. The Balaban J connectivity index is 2.26. The number of hydrogen-bond acceptors (Lipinski definition) is 2. The molecule has 0 fully saturated rings. The molecule has 1 aromatic rings. The third kappa shape index (κ3) is 6.26. The minimum Gasteiger partial charge on any atom is -0.313 e. The molecule has 0 saturated carbocycles. The van der Waals surface area contributed by atoms with E-state index in [0.717, 1.165) is 0 Å². The molecule has 18 heavy (non-hydrogen) atoms. The second-order valence-corrected chi connectivity index (χ2v) is 5.10. The molecule has 1 aromatic carbocycles. The monoisotopic (exact) mass is 281 g/mol. The molecule has 0 amide bonds. The number of halogens is 4. The Morgan fingerprint density at radius 1 is 1.28 bits per heavy atom. The molecule has 1 unspecified atom stereocenters. The van der Waals surface area contributed by atoms with Crippen molar-refractivity contribution in [1.29, 1.82) is 0 Å². The van der Waals surface area contributed by atoms with Gasteiger partial charge in [0.05, 0.1) is 0 Å². The third-order valence-corrected chi connectivity index (χ3v) is 3.08. The highest BCUT2D eigenvalue weighted by Gasteiger charge is 2.27. The predicted molar refractivity (Wildman–Crippen MR) is 66.1 cm³/mol. The minimum absolute atomic E-state index is 0.0366. The van der Waals surface area contributed by atoms with Crippen molar-refractivity contribution >= 4 is 11.8 Å². The van der Waals surface area contributed by atoms with E-state index in [1.54, 1.807) is 18.2 Å². The van der Waals surface area contributed by atoms with Gasteiger partial charge < -0.3 is 5.32 Å². The van der Waals surface area contributed by atoms with Crippen LogP contribution in [0.15, 0.2) is 24.3 Å². The van der Waals surface area contributed by atoms with E-state index in [2.05, 4.69) is 5.32 Å². The summed E-state index contributed by atoms with van der Waals surface area (Å²) in [4.78, 5) is 0. The highest BCUT2D eigenvalue weighted by Crippen LogP contribution is 2.29. The zero-order valence-electron chi connectivity index (χ0n) is 9.93. The summed E-state index contributed by atoms with van der Waals surface area (Å²) in [6.45, 7) is 2.07. The van der Waals surface area contributed by atoms with Gasteiger partial charge in [-0.05, 0) is 36.7 Å². The molecule has 1 atom stereocenters. The van der Waals surface area contributed by atoms with Crippen molar-refractivity contribution < 1.29 is 17.6 Å². The Labute approximate surface area is 108 Å². The Morgan fingerprint density at radius 2 is 1.94 bits per heavy atom. The first-order valence-corrected chi connectivity index (χ1v) is 6.54. The van der Waals surface area contributed by atoms with Gasteiger partial charge in [-0.15, -0.1) is 0 Å². The molecule has 0 saturated heterocycles. The normalized spacial score (nSPS) is 13.6. The van der Waals surface area contributed by atoms with E-state index in [1.807, 2.05) is 6.92 Å². The first-order chi connectivity index (χ1) is 8.38. The minimum atomic E-state index is -4.18. The van der Waals surface area contributed by atoms with Crippen LogP contribution in [0.2, 0.25) is 0 Å². The van der Waals surface area contributed by atoms with E-state index in [1.165, 1.54) is 6.07 Å². The van der Waals surface area contributed by atoms with Gasteiger partial charge in [0.15, 0.2) is 0 Å². The molecule has 1 N–H and O–H groups in total. The molecule has 0 spiro atoms. The molecule has 6 heteroatoms. The van der Waals surface area contributed by atoms with Crippen molar-refractivity contribution in [3.63, 3.8) is 0 Å². The Kier molecular flexibility index (Phi) is 5.95. The highest BCUT2D eigenvalue weighted by molar-refractivity contribution is 8.00. The maximum atomic E-state index is 13.3. The fraction of sp³-hybridized carbons (Fsp3) is 0.500. The van der Waals surface area contributed by atoms with Crippen molar-refractivity contribution in [3.05, 3.63) is 35.6 Å². The summed E-state index contributed by atoms with van der Waals surface area (Å²) >= 11 is -0.0516. The molecule has 0 aliphatic carbocycles. The van der Waals surface area contributed by atoms with Gasteiger partial charge in [0.1, 0.15) is 5.82 Å². The van der Waals surface area contributed by atoms with Crippen LogP contribution in [-0.2, 0) is 6.42 Å². The second-order valence-electron chi connectivity index (χ2n) is 3.94. The van der Waals surface area contributed by atoms with Crippen LogP contribution in [0.3, 0.4) is 0 Å². The largest absolute Gasteiger partial charge is 0.441 e. The average Bonchev–Trinajstić information content (AvgIpc) is 2.26. The topological polar surface area (TPSA) is 12.0 Å². The summed E-state index contributed by atoms with van der Waals surface area (Å²) < 4.78 is 48.9. The van der Waals surface area contributed by atoms with Crippen LogP contribution in [0, 0.1) is 5.82 Å². The standard InChI is InChI=1S/C12H15F4NS/c1-9(17-6-7-18-12(14,15)16)8-10-4-2-3-5-11(10)13/h2-5,9,17H,6-8H2,1H3. The molecular formula is C12H15F4NS. The van der Waals surface area contributed by atoms with E-state index in [4.69, 9.17) is 0 Å². The molecule has 1 nitrogen and oxygen atoms in total. The summed E-state index contributed by atoms with van der Waals surface area (Å²) in [6, 6.07) is 6.34. The second kappa shape index (κ2) is 6.99. The lowest BCUT2D eigenvalue weighted by Crippen LogP contribution is -2.30. The lowest BCUT2D eigenvalue weighted by molar-refractivity contribution is -0.0327. The fourth-order valence-corrected chi connectivity index (χ4v) is 1.99.